The minimum absolute atomic E-state index is 0.264. The molecule has 0 radical (unpaired) electrons. The van der Waals surface area contributed by atoms with Crippen LogP contribution in [0.4, 0.5) is 28.8 Å². The number of anilines is 5. The van der Waals surface area contributed by atoms with E-state index >= 15 is 0 Å². The van der Waals surface area contributed by atoms with E-state index in [1.807, 2.05) is 6.07 Å². The van der Waals surface area contributed by atoms with Crippen LogP contribution >= 0.6 is 7.92 Å². The zero-order valence-electron chi connectivity index (χ0n) is 21.7. The monoisotopic (exact) mass is 504 g/mol. The fraction of sp³-hybridized carbons (Fsp3) is 0.429. The van der Waals surface area contributed by atoms with Crippen molar-refractivity contribution >= 4 is 42.1 Å². The lowest BCUT2D eigenvalue weighted by atomic mass is 9.60. The number of nitrogens with zero attached hydrogens (tertiary/aromatic N) is 3. The van der Waals surface area contributed by atoms with Gasteiger partial charge in [-0.1, -0.05) is 26.1 Å². The van der Waals surface area contributed by atoms with Crippen LogP contribution in [0.1, 0.15) is 31.2 Å². The summed E-state index contributed by atoms with van der Waals surface area (Å²) in [5.41, 5.74) is 11.2. The number of rotatable bonds is 7. The first-order chi connectivity index (χ1) is 17.4. The van der Waals surface area contributed by atoms with Crippen LogP contribution in [0, 0.1) is 12.3 Å². The van der Waals surface area contributed by atoms with Crippen molar-refractivity contribution in [2.24, 2.45) is 11.1 Å². The molecule has 2 fully saturated rings. The fourth-order valence-electron chi connectivity index (χ4n) is 5.67. The zero-order chi connectivity index (χ0) is 25.3. The van der Waals surface area contributed by atoms with Crippen LogP contribution in [0.25, 0.3) is 0 Å². The van der Waals surface area contributed by atoms with Gasteiger partial charge in [0.2, 0.25) is 5.95 Å². The predicted molar refractivity (Wildman–Crippen MR) is 152 cm³/mol. The zero-order valence-corrected chi connectivity index (χ0v) is 22.6. The molecule has 8 heteroatoms. The number of hydrogen-bond donors (Lipinski definition) is 3. The molecule has 1 spiro atoms. The highest BCUT2D eigenvalue weighted by Gasteiger charge is 2.44. The van der Waals surface area contributed by atoms with E-state index < -0.39 is 0 Å². The van der Waals surface area contributed by atoms with Crippen molar-refractivity contribution in [3.8, 4) is 5.75 Å². The number of nitrogens with two attached hydrogens (primary N) is 1. The lowest BCUT2D eigenvalue weighted by Crippen LogP contribution is -2.52. The Morgan fingerprint density at radius 1 is 1.08 bits per heavy atom. The van der Waals surface area contributed by atoms with Gasteiger partial charge in [0.05, 0.1) is 13.3 Å². The Kier molecular flexibility index (Phi) is 7.05. The van der Waals surface area contributed by atoms with Crippen LogP contribution in [-0.2, 0) is 0 Å². The molecule has 0 atom stereocenters. The van der Waals surface area contributed by atoms with E-state index in [2.05, 4.69) is 77.2 Å². The number of piperidine rings is 1. The van der Waals surface area contributed by atoms with Crippen LogP contribution in [0.15, 0.2) is 48.7 Å². The number of hydrogen-bond acceptors (Lipinski definition) is 7. The fourth-order valence-corrected chi connectivity index (χ4v) is 6.66. The second-order valence-electron chi connectivity index (χ2n) is 10.4. The molecule has 1 saturated carbocycles. The molecule has 2 aromatic carbocycles. The Balaban J connectivity index is 1.30. The summed E-state index contributed by atoms with van der Waals surface area (Å²) >= 11 is 0. The average molecular weight is 505 g/mol. The molecule has 0 amide bonds. The van der Waals surface area contributed by atoms with E-state index in [-0.39, 0.29) is 7.92 Å². The largest absolute Gasteiger partial charge is 0.491 e. The molecule has 2 heterocycles. The van der Waals surface area contributed by atoms with E-state index in [1.54, 1.807) is 13.3 Å². The molecule has 7 nitrogen and oxygen atoms in total. The second-order valence-corrected chi connectivity index (χ2v) is 12.7. The van der Waals surface area contributed by atoms with Gasteiger partial charge in [-0.15, -0.1) is 0 Å². The van der Waals surface area contributed by atoms with Gasteiger partial charge in [-0.2, -0.15) is 4.98 Å². The highest BCUT2D eigenvalue weighted by molar-refractivity contribution is 7.64. The molecule has 0 bridgehead atoms. The molecule has 1 aliphatic carbocycles. The molecule has 5 rings (SSSR count). The SMILES string of the molecule is COc1cnc(Nc2ccc(N3CCC4(CC3)CC(N)C4)c(C)c2)nc1Nc1ccccc1P(C)C. The summed E-state index contributed by atoms with van der Waals surface area (Å²) in [7, 11) is 1.37. The molecule has 190 valence electrons. The third-order valence-corrected chi connectivity index (χ3v) is 8.98. The van der Waals surface area contributed by atoms with Crippen molar-refractivity contribution in [1.29, 1.82) is 0 Å². The lowest BCUT2D eigenvalue weighted by molar-refractivity contribution is 0.0713. The van der Waals surface area contributed by atoms with Gasteiger partial charge in [-0.3, -0.25) is 0 Å². The van der Waals surface area contributed by atoms with E-state index in [0.717, 1.165) is 24.5 Å². The van der Waals surface area contributed by atoms with Gasteiger partial charge in [-0.05, 0) is 86.5 Å². The van der Waals surface area contributed by atoms with E-state index in [4.69, 9.17) is 15.5 Å². The van der Waals surface area contributed by atoms with Gasteiger partial charge < -0.3 is 26.0 Å². The first-order valence-corrected chi connectivity index (χ1v) is 14.9. The Morgan fingerprint density at radius 2 is 1.83 bits per heavy atom. The summed E-state index contributed by atoms with van der Waals surface area (Å²) in [6.45, 7) is 8.89. The lowest BCUT2D eigenvalue weighted by Gasteiger charge is -2.51. The van der Waals surface area contributed by atoms with E-state index in [0.29, 0.717) is 29.0 Å². The number of ether oxygens (including phenoxy) is 1. The Morgan fingerprint density at radius 3 is 2.50 bits per heavy atom. The number of aromatic nitrogens is 2. The van der Waals surface area contributed by atoms with Crippen LogP contribution in [0.3, 0.4) is 0 Å². The summed E-state index contributed by atoms with van der Waals surface area (Å²) < 4.78 is 5.54. The molecular formula is C28H37N6OP. The maximum absolute atomic E-state index is 6.08. The molecule has 1 aliphatic heterocycles. The molecule has 1 aromatic heterocycles. The summed E-state index contributed by atoms with van der Waals surface area (Å²) in [4.78, 5) is 11.7. The summed E-state index contributed by atoms with van der Waals surface area (Å²) in [5, 5.41) is 8.14. The number of methoxy groups -OCH3 is 1. The summed E-state index contributed by atoms with van der Waals surface area (Å²) in [5.74, 6) is 1.78. The van der Waals surface area contributed by atoms with Crippen LogP contribution in [0.5, 0.6) is 5.75 Å². The van der Waals surface area contributed by atoms with Gasteiger partial charge in [0.1, 0.15) is 0 Å². The van der Waals surface area contributed by atoms with Gasteiger partial charge in [0.25, 0.3) is 0 Å². The van der Waals surface area contributed by atoms with Gasteiger partial charge in [0, 0.05) is 36.2 Å². The molecule has 36 heavy (non-hydrogen) atoms. The second kappa shape index (κ2) is 10.2. The summed E-state index contributed by atoms with van der Waals surface area (Å²) in [6.07, 6.45) is 6.60. The summed E-state index contributed by atoms with van der Waals surface area (Å²) in [6, 6.07) is 15.3. The topological polar surface area (TPSA) is 88.3 Å². The number of para-hydroxylation sites is 1. The van der Waals surface area contributed by atoms with Gasteiger partial charge >= 0.3 is 0 Å². The molecule has 0 unspecified atom stereocenters. The normalized spacial score (nSPS) is 17.2. The highest BCUT2D eigenvalue weighted by atomic mass is 31.1. The van der Waals surface area contributed by atoms with Crippen molar-refractivity contribution in [2.75, 3.05) is 49.1 Å². The first kappa shape index (κ1) is 24.8. The quantitative estimate of drug-likeness (QED) is 0.374. The van der Waals surface area contributed by atoms with Crippen molar-refractivity contribution in [3.05, 3.63) is 54.2 Å². The molecular weight excluding hydrogens is 467 g/mol. The molecule has 1 saturated heterocycles. The number of benzene rings is 2. The maximum atomic E-state index is 6.08. The smallest absolute Gasteiger partial charge is 0.229 e. The Hall–Kier alpha value is -2.89. The van der Waals surface area contributed by atoms with Gasteiger partial charge in [0.15, 0.2) is 11.6 Å². The van der Waals surface area contributed by atoms with Crippen LogP contribution < -0.4 is 31.3 Å². The van der Waals surface area contributed by atoms with Crippen LogP contribution in [0.2, 0.25) is 0 Å². The van der Waals surface area contributed by atoms with Crippen LogP contribution in [-0.4, -0.2) is 49.5 Å². The van der Waals surface area contributed by atoms with Crippen molar-refractivity contribution in [2.45, 2.75) is 38.6 Å². The van der Waals surface area contributed by atoms with Crippen molar-refractivity contribution in [3.63, 3.8) is 0 Å². The Labute approximate surface area is 215 Å². The first-order valence-electron chi connectivity index (χ1n) is 12.7. The predicted octanol–water partition coefficient (Wildman–Crippen LogP) is 5.36. The van der Waals surface area contributed by atoms with Crippen molar-refractivity contribution in [1.82, 2.24) is 9.97 Å². The molecule has 2 aliphatic rings. The minimum atomic E-state index is -0.264. The minimum Gasteiger partial charge on any atom is -0.491 e. The number of aryl methyl sites for hydroxylation is 1. The van der Waals surface area contributed by atoms with Gasteiger partial charge in [-0.25, -0.2) is 4.98 Å². The van der Waals surface area contributed by atoms with E-state index in [1.165, 1.54) is 42.2 Å². The highest BCUT2D eigenvalue weighted by Crippen LogP contribution is 2.49. The maximum Gasteiger partial charge on any atom is 0.229 e. The third-order valence-electron chi connectivity index (χ3n) is 7.62. The third kappa shape index (κ3) is 5.14. The standard InChI is InChI=1S/C28H37N6OP/c1-19-15-21(9-10-23(19)34-13-11-28(12-14-34)16-20(29)17-28)31-27-30-18-24(35-2)26(33-27)32-22-7-5-6-8-25(22)36(3)4/h5-10,15,18,20H,11-14,16-17,29H2,1-4H3,(H2,30,31,32,33). The van der Waals surface area contributed by atoms with Crippen molar-refractivity contribution < 1.29 is 4.74 Å². The van der Waals surface area contributed by atoms with E-state index in [9.17, 15) is 0 Å². The Bertz CT molecular complexity index is 1220. The average Bonchev–Trinajstić information content (AvgIpc) is 2.84. The number of nitrogens with one attached hydrogen (secondary N) is 2. The molecule has 4 N–H and O–H groups in total. The molecule has 3 aromatic rings.